The summed E-state index contributed by atoms with van der Waals surface area (Å²) in [7, 11) is 0. The first-order chi connectivity index (χ1) is 9.36. The smallest absolute Gasteiger partial charge is 0.424 e. The predicted octanol–water partition coefficient (Wildman–Crippen LogP) is 2.87. The number of alkyl halides is 3. The molecule has 5 nitrogen and oxygen atoms in total. The zero-order chi connectivity index (χ0) is 14.8. The van der Waals surface area contributed by atoms with E-state index < -0.39 is 29.0 Å². The molecule has 0 aliphatic heterocycles. The molecule has 0 aliphatic rings. The largest absolute Gasteiger partial charge is 0.433 e. The van der Waals surface area contributed by atoms with Crippen LogP contribution in [0.4, 0.5) is 13.2 Å². The first-order valence-electron chi connectivity index (χ1n) is 5.15. The fourth-order valence-corrected chi connectivity index (χ4v) is 1.65. The average molecular weight is 304 g/mol. The number of nitrogens with zero attached hydrogens (tertiary/aromatic N) is 2. The molecule has 0 spiro atoms. The summed E-state index contributed by atoms with van der Waals surface area (Å²) < 4.78 is 61.9. The second-order valence-electron chi connectivity index (χ2n) is 3.54. The highest BCUT2D eigenvalue weighted by Gasteiger charge is 2.33. The van der Waals surface area contributed by atoms with Gasteiger partial charge in [-0.05, 0) is 30.3 Å². The number of hydrogen-bond acceptors (Lipinski definition) is 4. The van der Waals surface area contributed by atoms with E-state index in [0.29, 0.717) is 0 Å². The van der Waals surface area contributed by atoms with Crippen LogP contribution in [-0.2, 0) is 17.3 Å². The molecule has 0 radical (unpaired) electrons. The van der Waals surface area contributed by atoms with Gasteiger partial charge in [0.1, 0.15) is 5.75 Å². The van der Waals surface area contributed by atoms with E-state index in [4.69, 9.17) is 9.29 Å². The molecule has 1 heterocycles. The third-order valence-corrected chi connectivity index (χ3v) is 2.83. The minimum Gasteiger partial charge on any atom is -0.424 e. The second-order valence-corrected chi connectivity index (χ2v) is 4.51. The van der Waals surface area contributed by atoms with Gasteiger partial charge in [-0.2, -0.15) is 18.2 Å². The Labute approximate surface area is 113 Å². The molecular formula is C11H7F3N2O3S. The van der Waals surface area contributed by atoms with Crippen LogP contribution in [0.15, 0.2) is 41.4 Å². The minimum atomic E-state index is -4.58. The summed E-state index contributed by atoms with van der Waals surface area (Å²) in [6.45, 7) is 0. The van der Waals surface area contributed by atoms with Gasteiger partial charge in [0.15, 0.2) is 16.8 Å². The summed E-state index contributed by atoms with van der Waals surface area (Å²) in [6, 6.07) is 5.53. The van der Waals surface area contributed by atoms with Crippen molar-refractivity contribution in [1.82, 2.24) is 9.97 Å². The molecule has 1 atom stereocenters. The third-order valence-electron chi connectivity index (χ3n) is 2.16. The van der Waals surface area contributed by atoms with Crippen LogP contribution >= 0.6 is 0 Å². The zero-order valence-corrected chi connectivity index (χ0v) is 10.5. The maximum absolute atomic E-state index is 12.4. The van der Waals surface area contributed by atoms with E-state index in [9.17, 15) is 17.4 Å². The Morgan fingerprint density at radius 1 is 1.15 bits per heavy atom. The van der Waals surface area contributed by atoms with Crippen LogP contribution in [0.5, 0.6) is 11.8 Å². The summed E-state index contributed by atoms with van der Waals surface area (Å²) in [6.07, 6.45) is -3.65. The van der Waals surface area contributed by atoms with Gasteiger partial charge in [0, 0.05) is 6.20 Å². The van der Waals surface area contributed by atoms with Crippen molar-refractivity contribution in [3.63, 3.8) is 0 Å². The van der Waals surface area contributed by atoms with Crippen molar-refractivity contribution in [2.24, 2.45) is 0 Å². The van der Waals surface area contributed by atoms with Crippen molar-refractivity contribution in [2.45, 2.75) is 11.1 Å². The maximum atomic E-state index is 12.4. The van der Waals surface area contributed by atoms with Gasteiger partial charge < -0.3 is 9.29 Å². The number of rotatable bonds is 3. The quantitative estimate of drug-likeness (QED) is 0.883. The molecule has 1 aromatic carbocycles. The molecule has 0 amide bonds. The molecule has 1 aromatic heterocycles. The SMILES string of the molecule is O=S(O)c1ccc(Oc2nccc(C(F)(F)F)n2)cc1. The van der Waals surface area contributed by atoms with E-state index >= 15 is 0 Å². The summed E-state index contributed by atoms with van der Waals surface area (Å²) in [4.78, 5) is 6.93. The van der Waals surface area contributed by atoms with Crippen molar-refractivity contribution in [1.29, 1.82) is 0 Å². The number of hydrogen-bond donors (Lipinski definition) is 1. The second kappa shape index (κ2) is 5.55. The molecule has 1 unspecified atom stereocenters. The van der Waals surface area contributed by atoms with Gasteiger partial charge in [0.2, 0.25) is 0 Å². The van der Waals surface area contributed by atoms with Crippen LogP contribution in [0.25, 0.3) is 0 Å². The number of halogens is 3. The Kier molecular flexibility index (Phi) is 4.00. The first kappa shape index (κ1) is 14.4. The molecule has 20 heavy (non-hydrogen) atoms. The highest BCUT2D eigenvalue weighted by Crippen LogP contribution is 2.28. The standard InChI is InChI=1S/C11H7F3N2O3S/c12-11(13,14)9-5-6-15-10(16-9)19-7-1-3-8(4-2-7)20(17)18/h1-6H,(H,17,18). The van der Waals surface area contributed by atoms with E-state index in [1.54, 1.807) is 0 Å². The normalized spacial score (nSPS) is 13.0. The van der Waals surface area contributed by atoms with Crippen molar-refractivity contribution < 1.29 is 26.7 Å². The average Bonchev–Trinajstić information content (AvgIpc) is 2.38. The van der Waals surface area contributed by atoms with Crippen molar-refractivity contribution in [2.75, 3.05) is 0 Å². The van der Waals surface area contributed by atoms with Crippen molar-refractivity contribution in [3.05, 3.63) is 42.2 Å². The monoisotopic (exact) mass is 304 g/mol. The number of benzene rings is 1. The topological polar surface area (TPSA) is 72.3 Å². The highest BCUT2D eigenvalue weighted by atomic mass is 32.2. The Morgan fingerprint density at radius 2 is 1.80 bits per heavy atom. The summed E-state index contributed by atoms with van der Waals surface area (Å²) in [5, 5.41) is 0. The molecule has 2 aromatic rings. The molecule has 0 fully saturated rings. The van der Waals surface area contributed by atoms with E-state index in [0.717, 1.165) is 12.3 Å². The van der Waals surface area contributed by atoms with Gasteiger partial charge >= 0.3 is 12.2 Å². The van der Waals surface area contributed by atoms with E-state index in [-0.39, 0.29) is 10.6 Å². The molecular weight excluding hydrogens is 297 g/mol. The molecule has 106 valence electrons. The van der Waals surface area contributed by atoms with Crippen LogP contribution in [-0.4, -0.2) is 18.7 Å². The highest BCUT2D eigenvalue weighted by molar-refractivity contribution is 7.79. The molecule has 0 saturated carbocycles. The van der Waals surface area contributed by atoms with E-state index in [1.807, 2.05) is 0 Å². The lowest BCUT2D eigenvalue weighted by Crippen LogP contribution is -2.08. The molecule has 1 N–H and O–H groups in total. The van der Waals surface area contributed by atoms with Crippen LogP contribution in [0.2, 0.25) is 0 Å². The van der Waals surface area contributed by atoms with Gasteiger partial charge in [0.05, 0.1) is 4.90 Å². The van der Waals surface area contributed by atoms with Gasteiger partial charge in [-0.15, -0.1) is 0 Å². The summed E-state index contributed by atoms with van der Waals surface area (Å²) in [5.74, 6) is 0.151. The Balaban J connectivity index is 2.20. The van der Waals surface area contributed by atoms with E-state index in [2.05, 4.69) is 9.97 Å². The fourth-order valence-electron chi connectivity index (χ4n) is 1.28. The van der Waals surface area contributed by atoms with Crippen LogP contribution in [0.3, 0.4) is 0 Å². The molecule has 2 rings (SSSR count). The van der Waals surface area contributed by atoms with Crippen LogP contribution in [0.1, 0.15) is 5.69 Å². The lowest BCUT2D eigenvalue weighted by atomic mass is 10.3. The number of aromatic nitrogens is 2. The van der Waals surface area contributed by atoms with Crippen LogP contribution < -0.4 is 4.74 Å². The zero-order valence-electron chi connectivity index (χ0n) is 9.66. The van der Waals surface area contributed by atoms with Gasteiger partial charge in [-0.25, -0.2) is 9.19 Å². The molecule has 9 heteroatoms. The van der Waals surface area contributed by atoms with Crippen LogP contribution in [0, 0.1) is 0 Å². The Bertz CT molecular complexity index is 632. The Morgan fingerprint density at radius 3 is 2.35 bits per heavy atom. The molecule has 0 saturated heterocycles. The fraction of sp³-hybridized carbons (Fsp3) is 0.0909. The van der Waals surface area contributed by atoms with Crippen molar-refractivity contribution >= 4 is 11.1 Å². The minimum absolute atomic E-state index is 0.141. The van der Waals surface area contributed by atoms with Crippen molar-refractivity contribution in [3.8, 4) is 11.8 Å². The molecule has 0 aliphatic carbocycles. The van der Waals surface area contributed by atoms with Gasteiger partial charge in [0.25, 0.3) is 0 Å². The van der Waals surface area contributed by atoms with Gasteiger partial charge in [-0.1, -0.05) is 0 Å². The van der Waals surface area contributed by atoms with E-state index in [1.165, 1.54) is 24.3 Å². The Hall–Kier alpha value is -2.00. The summed E-state index contributed by atoms with van der Waals surface area (Å²) >= 11 is -2.13. The van der Waals surface area contributed by atoms with Gasteiger partial charge in [-0.3, -0.25) is 0 Å². The third kappa shape index (κ3) is 3.52. The first-order valence-corrected chi connectivity index (χ1v) is 6.26. The predicted molar refractivity (Wildman–Crippen MR) is 62.6 cm³/mol. The maximum Gasteiger partial charge on any atom is 0.433 e. The summed E-state index contributed by atoms with van der Waals surface area (Å²) in [5.41, 5.74) is -1.12. The molecule has 0 bridgehead atoms. The lowest BCUT2D eigenvalue weighted by molar-refractivity contribution is -0.141. The lowest BCUT2D eigenvalue weighted by Gasteiger charge is -2.07. The number of ether oxygens (including phenoxy) is 1.